The van der Waals surface area contributed by atoms with Crippen LogP contribution in [0.1, 0.15) is 49.0 Å². The lowest BCUT2D eigenvalue weighted by Crippen LogP contribution is -2.56. The van der Waals surface area contributed by atoms with E-state index in [9.17, 15) is 23.1 Å². The molecule has 1 N–H and O–H groups in total. The minimum Gasteiger partial charge on any atom is -0.362 e. The van der Waals surface area contributed by atoms with Gasteiger partial charge in [-0.25, -0.2) is 0 Å². The summed E-state index contributed by atoms with van der Waals surface area (Å²) in [5, 5.41) is 14.2. The van der Waals surface area contributed by atoms with Crippen molar-refractivity contribution in [3.05, 3.63) is 35.4 Å². The molecule has 2 rings (SSSR count). The maximum atomic E-state index is 13.4. The number of benzene rings is 1. The van der Waals surface area contributed by atoms with Crippen molar-refractivity contribution in [2.24, 2.45) is 11.0 Å². The molecule has 0 fully saturated rings. The highest BCUT2D eigenvalue weighted by Crippen LogP contribution is 2.41. The number of rotatable bonds is 4. The van der Waals surface area contributed by atoms with E-state index in [1.165, 1.54) is 12.1 Å². The van der Waals surface area contributed by atoms with Crippen molar-refractivity contribution < 1.29 is 23.1 Å². The van der Waals surface area contributed by atoms with Crippen molar-refractivity contribution in [3.63, 3.8) is 0 Å². The Labute approximate surface area is 139 Å². The molecular weight excluding hydrogens is 321 g/mol. The molecule has 1 heterocycles. The largest absolute Gasteiger partial charge is 0.438 e. The summed E-state index contributed by atoms with van der Waals surface area (Å²) in [5.74, 6) is -0.678. The molecule has 0 bridgehead atoms. The van der Waals surface area contributed by atoms with Crippen molar-refractivity contribution in [1.29, 1.82) is 0 Å². The third-order valence-electron chi connectivity index (χ3n) is 4.00. The van der Waals surface area contributed by atoms with Crippen molar-refractivity contribution in [3.8, 4) is 0 Å². The van der Waals surface area contributed by atoms with Crippen LogP contribution in [0.3, 0.4) is 0 Å². The molecular formula is C17H21F3N2O2. The minimum atomic E-state index is -4.99. The summed E-state index contributed by atoms with van der Waals surface area (Å²) < 4.78 is 40.2. The van der Waals surface area contributed by atoms with E-state index >= 15 is 0 Å². The Morgan fingerprint density at radius 3 is 2.42 bits per heavy atom. The summed E-state index contributed by atoms with van der Waals surface area (Å²) in [6.45, 7) is 5.69. The van der Waals surface area contributed by atoms with Crippen LogP contribution >= 0.6 is 0 Å². The Kier molecular flexibility index (Phi) is 5.03. The summed E-state index contributed by atoms with van der Waals surface area (Å²) in [4.78, 5) is 12.5. The van der Waals surface area contributed by atoms with Crippen LogP contribution in [0.2, 0.25) is 0 Å². The third kappa shape index (κ3) is 3.61. The van der Waals surface area contributed by atoms with Gasteiger partial charge in [0, 0.05) is 17.7 Å². The highest BCUT2D eigenvalue weighted by molar-refractivity contribution is 5.98. The quantitative estimate of drug-likeness (QED) is 0.903. The molecule has 0 aromatic heterocycles. The fourth-order valence-corrected chi connectivity index (χ4v) is 2.46. The molecule has 0 aliphatic carbocycles. The summed E-state index contributed by atoms with van der Waals surface area (Å²) in [6.07, 6.45) is -4.75. The molecule has 4 nitrogen and oxygen atoms in total. The molecule has 1 amide bonds. The fraction of sp³-hybridized carbons (Fsp3) is 0.529. The number of amides is 1. The zero-order chi connectivity index (χ0) is 18.1. The van der Waals surface area contributed by atoms with Crippen LogP contribution in [0.5, 0.6) is 0 Å². The van der Waals surface area contributed by atoms with E-state index < -0.39 is 24.2 Å². The summed E-state index contributed by atoms with van der Waals surface area (Å²) in [5.41, 5.74) is -2.18. The molecule has 132 valence electrons. The molecule has 0 saturated carbocycles. The summed E-state index contributed by atoms with van der Waals surface area (Å²) in [7, 11) is 0. The standard InChI is InChI=1S/C17H21F3N2O2/c1-11(2)4-9-14-10-16(24,17(18,19)20)22(21-14)15(23)13-7-5-12(3)6-8-13/h5-8,11,24H,4,9-10H2,1-3H3/t16-/m1/s1. The minimum absolute atomic E-state index is 0.0529. The van der Waals surface area contributed by atoms with Gasteiger partial charge in [-0.05, 0) is 37.8 Å². The number of carbonyl (C=O) groups is 1. The molecule has 0 unspecified atom stereocenters. The zero-order valence-electron chi connectivity index (χ0n) is 13.9. The summed E-state index contributed by atoms with van der Waals surface area (Å²) >= 11 is 0. The summed E-state index contributed by atoms with van der Waals surface area (Å²) in [6, 6.07) is 6.10. The second kappa shape index (κ2) is 6.55. The van der Waals surface area contributed by atoms with Gasteiger partial charge in [0.2, 0.25) is 0 Å². The molecule has 0 saturated heterocycles. The number of hydrazone groups is 1. The van der Waals surface area contributed by atoms with E-state index in [2.05, 4.69) is 5.10 Å². The fourth-order valence-electron chi connectivity index (χ4n) is 2.46. The van der Waals surface area contributed by atoms with E-state index in [4.69, 9.17) is 0 Å². The number of carbonyl (C=O) groups excluding carboxylic acids is 1. The Morgan fingerprint density at radius 1 is 1.33 bits per heavy atom. The Bertz CT molecular complexity index is 638. The van der Waals surface area contributed by atoms with E-state index in [0.717, 1.165) is 5.56 Å². The Hall–Kier alpha value is -1.89. The van der Waals surface area contributed by atoms with Crippen LogP contribution in [0.4, 0.5) is 13.2 Å². The first-order valence-corrected chi connectivity index (χ1v) is 7.81. The number of nitrogens with zero attached hydrogens (tertiary/aromatic N) is 2. The van der Waals surface area contributed by atoms with Gasteiger partial charge >= 0.3 is 6.18 Å². The second-order valence-corrected chi connectivity index (χ2v) is 6.57. The maximum Gasteiger partial charge on any atom is 0.438 e. The molecule has 0 spiro atoms. The highest BCUT2D eigenvalue weighted by Gasteiger charge is 2.63. The number of hydrogen-bond acceptors (Lipinski definition) is 3. The van der Waals surface area contributed by atoms with Gasteiger partial charge in [-0.15, -0.1) is 0 Å². The first-order valence-electron chi connectivity index (χ1n) is 7.81. The molecule has 0 radical (unpaired) electrons. The molecule has 24 heavy (non-hydrogen) atoms. The molecule has 1 atom stereocenters. The van der Waals surface area contributed by atoms with Gasteiger partial charge in [-0.2, -0.15) is 23.3 Å². The van der Waals surface area contributed by atoms with Crippen molar-refractivity contribution in [2.75, 3.05) is 0 Å². The predicted molar refractivity (Wildman–Crippen MR) is 84.5 cm³/mol. The number of hydrogen-bond donors (Lipinski definition) is 1. The molecule has 1 aromatic rings. The van der Waals surface area contributed by atoms with Gasteiger partial charge in [0.1, 0.15) is 0 Å². The zero-order valence-corrected chi connectivity index (χ0v) is 13.9. The van der Waals surface area contributed by atoms with E-state index in [0.29, 0.717) is 12.8 Å². The normalized spacial score (nSPS) is 21.3. The van der Waals surface area contributed by atoms with Gasteiger partial charge in [-0.3, -0.25) is 4.79 Å². The van der Waals surface area contributed by atoms with Gasteiger partial charge < -0.3 is 5.11 Å². The Balaban J connectivity index is 2.33. The van der Waals surface area contributed by atoms with Gasteiger partial charge in [0.05, 0.1) is 0 Å². The van der Waals surface area contributed by atoms with Crippen molar-refractivity contribution >= 4 is 11.6 Å². The van der Waals surface area contributed by atoms with Crippen LogP contribution in [0.25, 0.3) is 0 Å². The van der Waals surface area contributed by atoms with Gasteiger partial charge in [0.15, 0.2) is 0 Å². The Morgan fingerprint density at radius 2 is 1.92 bits per heavy atom. The second-order valence-electron chi connectivity index (χ2n) is 6.57. The molecule has 1 aliphatic rings. The van der Waals surface area contributed by atoms with Gasteiger partial charge in [-0.1, -0.05) is 31.5 Å². The van der Waals surface area contributed by atoms with Crippen LogP contribution in [-0.4, -0.2) is 33.6 Å². The third-order valence-corrected chi connectivity index (χ3v) is 4.00. The highest BCUT2D eigenvalue weighted by atomic mass is 19.4. The van der Waals surface area contributed by atoms with Crippen molar-refractivity contribution in [2.45, 2.75) is 51.9 Å². The first kappa shape index (κ1) is 18.4. The lowest BCUT2D eigenvalue weighted by Gasteiger charge is -2.32. The monoisotopic (exact) mass is 342 g/mol. The maximum absolute atomic E-state index is 13.4. The van der Waals surface area contributed by atoms with E-state index in [1.807, 2.05) is 13.8 Å². The van der Waals surface area contributed by atoms with E-state index in [1.54, 1.807) is 19.1 Å². The van der Waals surface area contributed by atoms with Crippen LogP contribution in [0, 0.1) is 12.8 Å². The van der Waals surface area contributed by atoms with Crippen molar-refractivity contribution in [1.82, 2.24) is 5.01 Å². The average Bonchev–Trinajstić information content (AvgIpc) is 2.83. The van der Waals surface area contributed by atoms with Crippen LogP contribution in [0.15, 0.2) is 29.4 Å². The number of halogens is 3. The van der Waals surface area contributed by atoms with Gasteiger partial charge in [0.25, 0.3) is 11.6 Å². The number of aryl methyl sites for hydroxylation is 1. The molecule has 1 aromatic carbocycles. The molecule has 1 aliphatic heterocycles. The first-order chi connectivity index (χ1) is 11.0. The molecule has 7 heteroatoms. The number of aliphatic hydroxyl groups is 1. The predicted octanol–water partition coefficient (Wildman–Crippen LogP) is 3.88. The smallest absolute Gasteiger partial charge is 0.362 e. The number of alkyl halides is 3. The van der Waals surface area contributed by atoms with Crippen LogP contribution < -0.4 is 0 Å². The topological polar surface area (TPSA) is 52.9 Å². The average molecular weight is 342 g/mol. The SMILES string of the molecule is Cc1ccc(C(=O)N2N=C(CCC(C)C)C[C@@]2(O)C(F)(F)F)cc1. The van der Waals surface area contributed by atoms with Crippen LogP contribution in [-0.2, 0) is 0 Å². The lowest BCUT2D eigenvalue weighted by atomic mass is 9.99. The van der Waals surface area contributed by atoms with E-state index in [-0.39, 0.29) is 22.2 Å². The lowest BCUT2D eigenvalue weighted by molar-refractivity contribution is -0.297.